The molecule has 3 N–H and O–H groups in total. The highest BCUT2D eigenvalue weighted by molar-refractivity contribution is 6.32. The first-order chi connectivity index (χ1) is 6.18. The summed E-state index contributed by atoms with van der Waals surface area (Å²) in [4.78, 5) is 17.8. The van der Waals surface area contributed by atoms with Gasteiger partial charge in [0.15, 0.2) is 0 Å². The van der Waals surface area contributed by atoms with Crippen molar-refractivity contribution in [1.82, 2.24) is 9.97 Å². The van der Waals surface area contributed by atoms with Crippen LogP contribution in [-0.2, 0) is 0 Å². The Bertz CT molecular complexity index is 477. The molecular formula is C8H6ClN3O. The van der Waals surface area contributed by atoms with Crippen LogP contribution in [0.5, 0.6) is 0 Å². The van der Waals surface area contributed by atoms with Crippen LogP contribution in [0.15, 0.2) is 18.5 Å². The Hall–Kier alpha value is -1.55. The molecule has 5 heteroatoms. The van der Waals surface area contributed by atoms with Crippen molar-refractivity contribution in [3.63, 3.8) is 0 Å². The number of nitrogens with two attached hydrogens (primary N) is 1. The summed E-state index contributed by atoms with van der Waals surface area (Å²) >= 11 is 5.77. The molecule has 0 spiro atoms. The number of H-pyrrole nitrogens is 1. The third kappa shape index (κ3) is 1.25. The van der Waals surface area contributed by atoms with Gasteiger partial charge in [0.05, 0.1) is 17.4 Å². The van der Waals surface area contributed by atoms with Crippen LogP contribution in [0.2, 0.25) is 5.02 Å². The molecule has 0 unspecified atom stereocenters. The van der Waals surface area contributed by atoms with E-state index in [0.717, 1.165) is 0 Å². The number of primary amides is 1. The number of hydrogen-bond donors (Lipinski definition) is 2. The maximum Gasteiger partial charge on any atom is 0.251 e. The van der Waals surface area contributed by atoms with Gasteiger partial charge in [0.1, 0.15) is 5.52 Å². The highest BCUT2D eigenvalue weighted by atomic mass is 35.5. The maximum absolute atomic E-state index is 11.0. The summed E-state index contributed by atoms with van der Waals surface area (Å²) in [5, 5.41) is 0.463. The topological polar surface area (TPSA) is 71.8 Å². The summed E-state index contributed by atoms with van der Waals surface area (Å²) in [5.41, 5.74) is 6.76. The molecule has 1 amide bonds. The number of nitrogens with zero attached hydrogens (tertiary/aromatic N) is 1. The lowest BCUT2D eigenvalue weighted by atomic mass is 10.2. The van der Waals surface area contributed by atoms with Crippen molar-refractivity contribution in [3.8, 4) is 0 Å². The molecule has 1 aromatic heterocycles. The number of aromatic nitrogens is 2. The molecule has 2 aromatic rings. The molecule has 0 radical (unpaired) electrons. The molecule has 0 saturated carbocycles. The Morgan fingerprint density at radius 3 is 3.00 bits per heavy atom. The van der Waals surface area contributed by atoms with Gasteiger partial charge >= 0.3 is 0 Å². The van der Waals surface area contributed by atoms with Crippen LogP contribution in [0.3, 0.4) is 0 Å². The van der Waals surface area contributed by atoms with Gasteiger partial charge in [0.2, 0.25) is 0 Å². The third-order valence-corrected chi connectivity index (χ3v) is 1.97. The third-order valence-electron chi connectivity index (χ3n) is 1.75. The molecule has 0 atom stereocenters. The Morgan fingerprint density at radius 2 is 2.31 bits per heavy atom. The molecule has 0 bridgehead atoms. The molecular weight excluding hydrogens is 190 g/mol. The Morgan fingerprint density at radius 1 is 1.54 bits per heavy atom. The zero-order valence-corrected chi connectivity index (χ0v) is 7.30. The number of fused-ring (bicyclic) bond motifs is 1. The van der Waals surface area contributed by atoms with Gasteiger partial charge in [-0.3, -0.25) is 4.79 Å². The van der Waals surface area contributed by atoms with Crippen molar-refractivity contribution in [3.05, 3.63) is 29.0 Å². The quantitative estimate of drug-likeness (QED) is 0.720. The molecule has 0 aliphatic heterocycles. The van der Waals surface area contributed by atoms with Crippen LogP contribution in [0.25, 0.3) is 11.0 Å². The summed E-state index contributed by atoms with van der Waals surface area (Å²) in [6.07, 6.45) is 1.49. The van der Waals surface area contributed by atoms with E-state index in [1.54, 1.807) is 6.07 Å². The normalized spacial score (nSPS) is 10.5. The van der Waals surface area contributed by atoms with E-state index < -0.39 is 5.91 Å². The second kappa shape index (κ2) is 2.74. The van der Waals surface area contributed by atoms with Gasteiger partial charge in [0.25, 0.3) is 5.91 Å². The average Bonchev–Trinajstić information content (AvgIpc) is 2.49. The van der Waals surface area contributed by atoms with Gasteiger partial charge in [-0.1, -0.05) is 11.6 Å². The second-order valence-electron chi connectivity index (χ2n) is 2.62. The van der Waals surface area contributed by atoms with Crippen LogP contribution >= 0.6 is 11.6 Å². The van der Waals surface area contributed by atoms with Gasteiger partial charge in [0, 0.05) is 5.02 Å². The fraction of sp³-hybridized carbons (Fsp3) is 0. The first-order valence-corrected chi connectivity index (χ1v) is 3.98. The van der Waals surface area contributed by atoms with E-state index >= 15 is 0 Å². The molecule has 2 rings (SSSR count). The minimum atomic E-state index is -0.528. The predicted molar refractivity (Wildman–Crippen MR) is 49.6 cm³/mol. The zero-order valence-electron chi connectivity index (χ0n) is 6.54. The van der Waals surface area contributed by atoms with Crippen LogP contribution in [-0.4, -0.2) is 15.9 Å². The summed E-state index contributed by atoms with van der Waals surface area (Å²) in [5.74, 6) is -0.528. The highest BCUT2D eigenvalue weighted by Crippen LogP contribution is 2.20. The standard InChI is InChI=1S/C8H6ClN3O/c9-4-1-5(8(10)13)7-6(2-4)11-3-12-7/h1-3H,(H2,10,13)(H,11,12). The lowest BCUT2D eigenvalue weighted by molar-refractivity contribution is 0.100. The number of aromatic amines is 1. The summed E-state index contributed by atoms with van der Waals surface area (Å²) < 4.78 is 0. The summed E-state index contributed by atoms with van der Waals surface area (Å²) in [7, 11) is 0. The first kappa shape index (κ1) is 8.07. The van der Waals surface area contributed by atoms with Crippen LogP contribution in [0.4, 0.5) is 0 Å². The van der Waals surface area contributed by atoms with Gasteiger partial charge in [-0.25, -0.2) is 4.98 Å². The lowest BCUT2D eigenvalue weighted by Gasteiger charge is -1.97. The van der Waals surface area contributed by atoms with Crippen LogP contribution < -0.4 is 5.73 Å². The number of carbonyl (C=O) groups is 1. The number of hydrogen-bond acceptors (Lipinski definition) is 2. The number of nitrogens with one attached hydrogen (secondary N) is 1. The fourth-order valence-corrected chi connectivity index (χ4v) is 1.42. The van der Waals surface area contributed by atoms with Crippen molar-refractivity contribution < 1.29 is 4.79 Å². The number of halogens is 1. The van der Waals surface area contributed by atoms with E-state index in [2.05, 4.69) is 9.97 Å². The van der Waals surface area contributed by atoms with Gasteiger partial charge in [-0.15, -0.1) is 0 Å². The van der Waals surface area contributed by atoms with Crippen molar-refractivity contribution in [2.75, 3.05) is 0 Å². The molecule has 13 heavy (non-hydrogen) atoms. The zero-order chi connectivity index (χ0) is 9.42. The average molecular weight is 196 g/mol. The largest absolute Gasteiger partial charge is 0.366 e. The van der Waals surface area contributed by atoms with E-state index in [9.17, 15) is 4.79 Å². The molecule has 66 valence electrons. The molecule has 1 aromatic carbocycles. The molecule has 0 aliphatic carbocycles. The Kier molecular flexibility index (Phi) is 1.70. The molecule has 1 heterocycles. The SMILES string of the molecule is NC(=O)c1cc(Cl)cc2[nH]cnc12. The van der Waals surface area contributed by atoms with Crippen LogP contribution in [0, 0.1) is 0 Å². The van der Waals surface area contributed by atoms with E-state index in [0.29, 0.717) is 21.6 Å². The number of rotatable bonds is 1. The fourth-order valence-electron chi connectivity index (χ4n) is 1.20. The van der Waals surface area contributed by atoms with Crippen molar-refractivity contribution in [2.45, 2.75) is 0 Å². The molecule has 4 nitrogen and oxygen atoms in total. The van der Waals surface area contributed by atoms with E-state index in [1.807, 2.05) is 0 Å². The smallest absolute Gasteiger partial charge is 0.251 e. The van der Waals surface area contributed by atoms with Crippen molar-refractivity contribution in [2.24, 2.45) is 5.73 Å². The monoisotopic (exact) mass is 195 g/mol. The van der Waals surface area contributed by atoms with E-state index in [1.165, 1.54) is 12.4 Å². The molecule has 0 saturated heterocycles. The Labute approximate surface area is 78.7 Å². The van der Waals surface area contributed by atoms with Gasteiger partial charge < -0.3 is 10.7 Å². The minimum Gasteiger partial charge on any atom is -0.366 e. The summed E-state index contributed by atoms with van der Waals surface area (Å²) in [6, 6.07) is 3.20. The lowest BCUT2D eigenvalue weighted by Crippen LogP contribution is -2.11. The predicted octanol–water partition coefficient (Wildman–Crippen LogP) is 1.32. The number of benzene rings is 1. The first-order valence-electron chi connectivity index (χ1n) is 3.61. The van der Waals surface area contributed by atoms with Crippen LogP contribution in [0.1, 0.15) is 10.4 Å². The van der Waals surface area contributed by atoms with Crippen molar-refractivity contribution >= 4 is 28.5 Å². The Balaban J connectivity index is 2.84. The number of imidazole rings is 1. The maximum atomic E-state index is 11.0. The second-order valence-corrected chi connectivity index (χ2v) is 3.05. The van der Waals surface area contributed by atoms with E-state index in [4.69, 9.17) is 17.3 Å². The van der Waals surface area contributed by atoms with E-state index in [-0.39, 0.29) is 0 Å². The number of carbonyl (C=O) groups excluding carboxylic acids is 1. The van der Waals surface area contributed by atoms with Gasteiger partial charge in [-0.2, -0.15) is 0 Å². The minimum absolute atomic E-state index is 0.337. The number of amides is 1. The molecule has 0 aliphatic rings. The molecule has 0 fully saturated rings. The highest BCUT2D eigenvalue weighted by Gasteiger charge is 2.09. The van der Waals surface area contributed by atoms with Gasteiger partial charge in [-0.05, 0) is 12.1 Å². The summed E-state index contributed by atoms with van der Waals surface area (Å²) in [6.45, 7) is 0. The van der Waals surface area contributed by atoms with Crippen molar-refractivity contribution in [1.29, 1.82) is 0 Å².